The van der Waals surface area contributed by atoms with E-state index in [0.29, 0.717) is 46.1 Å². The molecule has 2 aromatic heterocycles. The first-order chi connectivity index (χ1) is 16.9. The Labute approximate surface area is 209 Å². The summed E-state index contributed by atoms with van der Waals surface area (Å²) in [5.41, 5.74) is 1.52. The van der Waals surface area contributed by atoms with Crippen molar-refractivity contribution < 1.29 is 14.3 Å². The molecule has 2 aliphatic rings. The Hall–Kier alpha value is -2.97. The molecule has 0 bridgehead atoms. The summed E-state index contributed by atoms with van der Waals surface area (Å²) in [6, 6.07) is 7.18. The van der Waals surface area contributed by atoms with Crippen molar-refractivity contribution >= 4 is 40.1 Å². The average Bonchev–Trinajstić information content (AvgIpc) is 3.29. The summed E-state index contributed by atoms with van der Waals surface area (Å²) >= 11 is 6.28. The summed E-state index contributed by atoms with van der Waals surface area (Å²) in [4.78, 5) is 40.2. The number of halogens is 1. The molecule has 184 valence electrons. The number of hydrogen-bond donors (Lipinski definition) is 2. The Bertz CT molecular complexity index is 1230. The quantitative estimate of drug-likeness (QED) is 0.507. The van der Waals surface area contributed by atoms with E-state index in [9.17, 15) is 9.59 Å². The normalized spacial score (nSPS) is 24.9. The summed E-state index contributed by atoms with van der Waals surface area (Å²) in [6.45, 7) is 5.36. The predicted octanol–water partition coefficient (Wildman–Crippen LogP) is 4.45. The highest BCUT2D eigenvalue weighted by Gasteiger charge is 2.33. The molecule has 1 saturated carbocycles. The molecular weight excluding hydrogens is 466 g/mol. The van der Waals surface area contributed by atoms with Gasteiger partial charge in [0.2, 0.25) is 5.91 Å². The third-order valence-corrected chi connectivity index (χ3v) is 7.31. The SMILES string of the molecule is C[C@@H]1CN(C(=O)[C@H]2CC[C@@H](Nc3ncnc4[nH]cc(C(=O)c5ccccc5Cl)c34)CC2)C[C@H](C)O1. The van der Waals surface area contributed by atoms with Crippen LogP contribution < -0.4 is 5.32 Å². The van der Waals surface area contributed by atoms with Crippen LogP contribution in [-0.2, 0) is 9.53 Å². The zero-order valence-electron chi connectivity index (χ0n) is 20.0. The van der Waals surface area contributed by atoms with Gasteiger partial charge in [-0.15, -0.1) is 0 Å². The maximum absolute atomic E-state index is 13.3. The number of hydrogen-bond acceptors (Lipinski definition) is 6. The Balaban J connectivity index is 1.29. The molecule has 0 unspecified atom stereocenters. The maximum atomic E-state index is 13.3. The first-order valence-electron chi connectivity index (χ1n) is 12.2. The number of carbonyl (C=O) groups excluding carboxylic acids is 2. The van der Waals surface area contributed by atoms with Crippen LogP contribution >= 0.6 is 11.6 Å². The standard InChI is InChI=1S/C26H30ClN5O3/c1-15-12-32(13-16(2)35-15)26(34)17-7-9-18(10-8-17)31-25-22-20(11-28-24(22)29-14-30-25)23(33)19-5-3-4-6-21(19)27/h3-6,11,14-18H,7-10,12-13H2,1-2H3,(H2,28,29,30,31)/t15-,16+,17-,18+. The zero-order chi connectivity index (χ0) is 24.5. The number of nitrogens with zero attached hydrogens (tertiary/aromatic N) is 3. The van der Waals surface area contributed by atoms with Crippen LogP contribution in [0.3, 0.4) is 0 Å². The van der Waals surface area contributed by atoms with Crippen molar-refractivity contribution in [3.8, 4) is 0 Å². The van der Waals surface area contributed by atoms with Gasteiger partial charge in [0, 0.05) is 36.8 Å². The van der Waals surface area contributed by atoms with Crippen molar-refractivity contribution in [1.82, 2.24) is 19.9 Å². The van der Waals surface area contributed by atoms with Crippen LogP contribution in [0.5, 0.6) is 0 Å². The lowest BCUT2D eigenvalue weighted by Crippen LogP contribution is -2.50. The van der Waals surface area contributed by atoms with Gasteiger partial charge in [-0.05, 0) is 51.7 Å². The monoisotopic (exact) mass is 495 g/mol. The fourth-order valence-corrected chi connectivity index (χ4v) is 5.56. The van der Waals surface area contributed by atoms with Gasteiger partial charge in [0.1, 0.15) is 17.8 Å². The molecule has 0 radical (unpaired) electrons. The third kappa shape index (κ3) is 4.90. The van der Waals surface area contributed by atoms with Gasteiger partial charge in [-0.25, -0.2) is 9.97 Å². The summed E-state index contributed by atoms with van der Waals surface area (Å²) in [5.74, 6) is 0.731. The van der Waals surface area contributed by atoms with Crippen molar-refractivity contribution in [1.29, 1.82) is 0 Å². The van der Waals surface area contributed by atoms with E-state index in [1.165, 1.54) is 6.33 Å². The van der Waals surface area contributed by atoms with Crippen molar-refractivity contribution in [2.75, 3.05) is 18.4 Å². The molecule has 9 heteroatoms. The van der Waals surface area contributed by atoms with Crippen LogP contribution in [0.4, 0.5) is 5.82 Å². The van der Waals surface area contributed by atoms with Crippen LogP contribution in [0, 0.1) is 5.92 Å². The predicted molar refractivity (Wildman–Crippen MR) is 135 cm³/mol. The second kappa shape index (κ2) is 9.95. The summed E-state index contributed by atoms with van der Waals surface area (Å²) < 4.78 is 5.78. The van der Waals surface area contributed by atoms with E-state index >= 15 is 0 Å². The highest BCUT2D eigenvalue weighted by molar-refractivity contribution is 6.35. The first kappa shape index (κ1) is 23.8. The Morgan fingerprint density at radius 3 is 2.49 bits per heavy atom. The number of amides is 1. The number of benzene rings is 1. The molecule has 35 heavy (non-hydrogen) atoms. The van der Waals surface area contributed by atoms with Gasteiger partial charge in [-0.3, -0.25) is 9.59 Å². The van der Waals surface area contributed by atoms with Crippen LogP contribution in [0.15, 0.2) is 36.8 Å². The molecule has 1 aliphatic heterocycles. The summed E-state index contributed by atoms with van der Waals surface area (Å²) in [5, 5.41) is 4.59. The van der Waals surface area contributed by atoms with Gasteiger partial charge >= 0.3 is 0 Å². The topological polar surface area (TPSA) is 100 Å². The number of morpholine rings is 1. The van der Waals surface area contributed by atoms with E-state index in [1.807, 2.05) is 18.7 Å². The minimum atomic E-state index is -0.178. The molecular formula is C26H30ClN5O3. The summed E-state index contributed by atoms with van der Waals surface area (Å²) in [7, 11) is 0. The third-order valence-electron chi connectivity index (χ3n) is 6.98. The highest BCUT2D eigenvalue weighted by Crippen LogP contribution is 2.32. The number of H-pyrrole nitrogens is 1. The van der Waals surface area contributed by atoms with Crippen molar-refractivity contribution in [2.24, 2.45) is 5.92 Å². The van der Waals surface area contributed by atoms with Crippen molar-refractivity contribution in [3.05, 3.63) is 52.9 Å². The molecule has 2 atom stereocenters. The Morgan fingerprint density at radius 1 is 1.06 bits per heavy atom. The highest BCUT2D eigenvalue weighted by atomic mass is 35.5. The molecule has 5 rings (SSSR count). The minimum Gasteiger partial charge on any atom is -0.372 e. The van der Waals surface area contributed by atoms with Gasteiger partial charge in [-0.2, -0.15) is 0 Å². The number of carbonyl (C=O) groups is 2. The molecule has 1 saturated heterocycles. The van der Waals surface area contributed by atoms with Gasteiger partial charge in [-0.1, -0.05) is 23.7 Å². The van der Waals surface area contributed by atoms with Gasteiger partial charge in [0.05, 0.1) is 28.2 Å². The Kier molecular flexibility index (Phi) is 6.75. The smallest absolute Gasteiger partial charge is 0.225 e. The first-order valence-corrected chi connectivity index (χ1v) is 12.6. The van der Waals surface area contributed by atoms with E-state index in [-0.39, 0.29) is 35.9 Å². The van der Waals surface area contributed by atoms with Gasteiger partial charge < -0.3 is 19.9 Å². The van der Waals surface area contributed by atoms with E-state index < -0.39 is 0 Å². The van der Waals surface area contributed by atoms with Gasteiger partial charge in [0.25, 0.3) is 0 Å². The molecule has 2 N–H and O–H groups in total. The molecule has 3 heterocycles. The van der Waals surface area contributed by atoms with Crippen LogP contribution in [0.2, 0.25) is 5.02 Å². The lowest BCUT2D eigenvalue weighted by molar-refractivity contribution is -0.148. The number of fused-ring (bicyclic) bond motifs is 1. The lowest BCUT2D eigenvalue weighted by Gasteiger charge is -2.38. The lowest BCUT2D eigenvalue weighted by atomic mass is 9.85. The van der Waals surface area contributed by atoms with E-state index in [4.69, 9.17) is 16.3 Å². The zero-order valence-corrected chi connectivity index (χ0v) is 20.7. The van der Waals surface area contributed by atoms with Crippen LogP contribution in [-0.4, -0.2) is 62.9 Å². The van der Waals surface area contributed by atoms with Crippen LogP contribution in [0.1, 0.15) is 55.5 Å². The molecule has 0 spiro atoms. The van der Waals surface area contributed by atoms with Gasteiger partial charge in [0.15, 0.2) is 5.78 Å². The number of aromatic amines is 1. The number of anilines is 1. The number of rotatable bonds is 5. The van der Waals surface area contributed by atoms with Crippen molar-refractivity contribution in [3.63, 3.8) is 0 Å². The maximum Gasteiger partial charge on any atom is 0.225 e. The second-order valence-corrected chi connectivity index (χ2v) is 10.1. The fourth-order valence-electron chi connectivity index (χ4n) is 5.34. The molecule has 8 nitrogen and oxygen atoms in total. The Morgan fingerprint density at radius 2 is 1.77 bits per heavy atom. The molecule has 1 amide bonds. The summed E-state index contributed by atoms with van der Waals surface area (Å²) in [6.07, 6.45) is 6.66. The van der Waals surface area contributed by atoms with E-state index in [1.54, 1.807) is 30.5 Å². The molecule has 1 aromatic carbocycles. The van der Waals surface area contributed by atoms with E-state index in [2.05, 4.69) is 20.3 Å². The number of ketones is 1. The largest absolute Gasteiger partial charge is 0.372 e. The molecule has 1 aliphatic carbocycles. The molecule has 3 aromatic rings. The number of nitrogens with one attached hydrogen (secondary N) is 2. The fraction of sp³-hybridized carbons (Fsp3) is 0.462. The minimum absolute atomic E-state index is 0.0422. The number of aromatic nitrogens is 3. The van der Waals surface area contributed by atoms with Crippen LogP contribution in [0.25, 0.3) is 11.0 Å². The average molecular weight is 496 g/mol. The molecule has 2 fully saturated rings. The second-order valence-electron chi connectivity index (χ2n) is 9.65. The van der Waals surface area contributed by atoms with E-state index in [0.717, 1.165) is 25.7 Å². The van der Waals surface area contributed by atoms with Crippen molar-refractivity contribution in [2.45, 2.75) is 57.8 Å². The number of ether oxygens (including phenoxy) is 1.